The average molecular weight is 186 g/mol. The Morgan fingerprint density at radius 1 is 1.36 bits per heavy atom. The van der Waals surface area contributed by atoms with Crippen molar-refractivity contribution >= 4 is 16.5 Å². The molecule has 0 unspecified atom stereocenters. The highest BCUT2D eigenvalue weighted by Crippen LogP contribution is 2.33. The minimum Gasteiger partial charge on any atom is -0.375 e. The molecular weight excluding hydrogens is 184 g/mol. The summed E-state index contributed by atoms with van der Waals surface area (Å²) in [4.78, 5) is 2.78. The quantitative estimate of drug-likeness (QED) is 0.628. The highest BCUT2D eigenvalue weighted by Gasteiger charge is 2.37. The van der Waals surface area contributed by atoms with Crippen molar-refractivity contribution in [3.05, 3.63) is 10.8 Å². The lowest BCUT2D eigenvalue weighted by Crippen LogP contribution is -2.07. The van der Waals surface area contributed by atoms with E-state index in [1.54, 1.807) is 0 Å². The first kappa shape index (κ1) is 8.25. The molecule has 0 bridgehead atoms. The highest BCUT2D eigenvalue weighted by atomic mass is 32.1. The first-order chi connectivity index (χ1) is 4.91. The molecule has 1 aromatic heterocycles. The van der Waals surface area contributed by atoms with Crippen molar-refractivity contribution in [2.75, 3.05) is 5.73 Å². The second-order valence-electron chi connectivity index (χ2n) is 1.67. The molecule has 2 nitrogen and oxygen atoms in total. The SMILES string of the molecule is Nc1nc(C(F)(F)F)c(F)s1. The van der Waals surface area contributed by atoms with Crippen LogP contribution in [0.1, 0.15) is 5.69 Å². The van der Waals surface area contributed by atoms with Crippen molar-refractivity contribution in [3.63, 3.8) is 0 Å². The number of nitrogen functional groups attached to an aromatic ring is 1. The summed E-state index contributed by atoms with van der Waals surface area (Å²) in [6.07, 6.45) is -4.75. The molecule has 0 aliphatic carbocycles. The van der Waals surface area contributed by atoms with Crippen LogP contribution in [0.2, 0.25) is 0 Å². The number of anilines is 1. The van der Waals surface area contributed by atoms with E-state index in [-0.39, 0.29) is 11.3 Å². The van der Waals surface area contributed by atoms with Gasteiger partial charge in [0.2, 0.25) is 5.13 Å². The third-order valence-electron chi connectivity index (χ3n) is 0.871. The summed E-state index contributed by atoms with van der Waals surface area (Å²) >= 11 is 0.176. The molecule has 11 heavy (non-hydrogen) atoms. The summed E-state index contributed by atoms with van der Waals surface area (Å²) < 4.78 is 47.4. The lowest BCUT2D eigenvalue weighted by molar-refractivity contribution is -0.142. The summed E-state index contributed by atoms with van der Waals surface area (Å²) in [6, 6.07) is 0. The van der Waals surface area contributed by atoms with E-state index in [9.17, 15) is 17.6 Å². The first-order valence-electron chi connectivity index (χ1n) is 2.40. The normalized spacial score (nSPS) is 12.0. The van der Waals surface area contributed by atoms with Gasteiger partial charge in [-0.15, -0.1) is 0 Å². The van der Waals surface area contributed by atoms with Crippen LogP contribution < -0.4 is 5.73 Å². The number of alkyl halides is 3. The topological polar surface area (TPSA) is 38.9 Å². The Kier molecular flexibility index (Phi) is 1.75. The van der Waals surface area contributed by atoms with E-state index in [2.05, 4.69) is 4.98 Å². The van der Waals surface area contributed by atoms with Crippen LogP contribution in [0.3, 0.4) is 0 Å². The highest BCUT2D eigenvalue weighted by molar-refractivity contribution is 7.13. The molecule has 0 saturated heterocycles. The number of hydrogen-bond donors (Lipinski definition) is 1. The van der Waals surface area contributed by atoms with Crippen LogP contribution in [0.25, 0.3) is 0 Å². The lowest BCUT2D eigenvalue weighted by Gasteiger charge is -1.99. The zero-order valence-corrected chi connectivity index (χ0v) is 5.76. The number of nitrogens with two attached hydrogens (primary N) is 1. The van der Waals surface area contributed by atoms with Crippen LogP contribution in [0.15, 0.2) is 0 Å². The Morgan fingerprint density at radius 2 is 1.91 bits per heavy atom. The van der Waals surface area contributed by atoms with Crippen molar-refractivity contribution in [1.29, 1.82) is 0 Å². The molecule has 1 aromatic rings. The fourth-order valence-electron chi connectivity index (χ4n) is 0.492. The summed E-state index contributed by atoms with van der Waals surface area (Å²) in [5.41, 5.74) is 3.30. The van der Waals surface area contributed by atoms with Gasteiger partial charge in [-0.3, -0.25) is 0 Å². The molecule has 0 saturated carbocycles. The molecule has 0 atom stereocenters. The first-order valence-corrected chi connectivity index (χ1v) is 3.22. The summed E-state index contributed by atoms with van der Waals surface area (Å²) in [5, 5.41) is -1.81. The summed E-state index contributed by atoms with van der Waals surface area (Å²) in [6.45, 7) is 0. The zero-order chi connectivity index (χ0) is 8.65. The van der Waals surface area contributed by atoms with Gasteiger partial charge in [0.1, 0.15) is 0 Å². The monoisotopic (exact) mass is 186 g/mol. The zero-order valence-electron chi connectivity index (χ0n) is 4.94. The Balaban J connectivity index is 3.13. The minimum absolute atomic E-state index is 0.176. The maximum atomic E-state index is 12.3. The average Bonchev–Trinajstić information content (AvgIpc) is 2.08. The number of aromatic nitrogens is 1. The maximum absolute atomic E-state index is 12.3. The standard InChI is InChI=1S/C4H2F4N2S/c5-2-1(4(6,7)8)10-3(9)11-2/h(H2,9,10). The fourth-order valence-corrected chi connectivity index (χ4v) is 1.07. The minimum atomic E-state index is -4.75. The molecule has 2 N–H and O–H groups in total. The van der Waals surface area contributed by atoms with Gasteiger partial charge in [0, 0.05) is 0 Å². The van der Waals surface area contributed by atoms with Crippen molar-refractivity contribution in [2.45, 2.75) is 6.18 Å². The number of hydrogen-bond acceptors (Lipinski definition) is 3. The Morgan fingerprint density at radius 3 is 2.09 bits per heavy atom. The summed E-state index contributed by atoms with van der Waals surface area (Å²) in [7, 11) is 0. The number of nitrogens with zero attached hydrogens (tertiary/aromatic N) is 1. The number of rotatable bonds is 0. The van der Waals surface area contributed by atoms with Gasteiger partial charge in [0.05, 0.1) is 0 Å². The van der Waals surface area contributed by atoms with E-state index < -0.39 is 22.1 Å². The molecule has 0 aromatic carbocycles. The number of halogens is 4. The van der Waals surface area contributed by atoms with Crippen LogP contribution in [0, 0.1) is 5.13 Å². The molecule has 1 heterocycles. The molecule has 0 spiro atoms. The predicted octanol–water partition coefficient (Wildman–Crippen LogP) is 1.88. The van der Waals surface area contributed by atoms with Crippen molar-refractivity contribution < 1.29 is 17.6 Å². The molecule has 0 radical (unpaired) electrons. The van der Waals surface area contributed by atoms with Gasteiger partial charge in [-0.2, -0.15) is 17.6 Å². The summed E-state index contributed by atoms with van der Waals surface area (Å²) in [5.74, 6) is 0. The Hall–Kier alpha value is -0.850. The molecular formula is C4H2F4N2S. The molecule has 0 aliphatic rings. The van der Waals surface area contributed by atoms with Crippen LogP contribution >= 0.6 is 11.3 Å². The second-order valence-corrected chi connectivity index (χ2v) is 2.65. The molecule has 0 fully saturated rings. The van der Waals surface area contributed by atoms with Crippen molar-refractivity contribution in [3.8, 4) is 0 Å². The van der Waals surface area contributed by atoms with Crippen LogP contribution in [0.4, 0.5) is 22.7 Å². The van der Waals surface area contributed by atoms with Gasteiger partial charge in [0.25, 0.3) is 0 Å². The van der Waals surface area contributed by atoms with E-state index in [0.717, 1.165) is 0 Å². The molecule has 62 valence electrons. The fraction of sp³-hybridized carbons (Fsp3) is 0.250. The van der Waals surface area contributed by atoms with E-state index in [4.69, 9.17) is 5.73 Å². The smallest absolute Gasteiger partial charge is 0.375 e. The lowest BCUT2D eigenvalue weighted by atomic mass is 10.5. The van der Waals surface area contributed by atoms with Gasteiger partial charge in [-0.05, 0) is 0 Å². The Labute approximate surface area is 62.7 Å². The van der Waals surface area contributed by atoms with E-state index in [1.807, 2.05) is 0 Å². The van der Waals surface area contributed by atoms with E-state index in [0.29, 0.717) is 0 Å². The second kappa shape index (κ2) is 2.33. The molecule has 0 aliphatic heterocycles. The van der Waals surface area contributed by atoms with Crippen LogP contribution in [0.5, 0.6) is 0 Å². The van der Waals surface area contributed by atoms with Gasteiger partial charge in [0.15, 0.2) is 10.8 Å². The van der Waals surface area contributed by atoms with Gasteiger partial charge < -0.3 is 5.73 Å². The molecule has 7 heteroatoms. The van der Waals surface area contributed by atoms with Crippen molar-refractivity contribution in [1.82, 2.24) is 4.98 Å². The third-order valence-corrected chi connectivity index (χ3v) is 1.54. The van der Waals surface area contributed by atoms with Gasteiger partial charge in [-0.25, -0.2) is 4.98 Å². The molecule has 0 amide bonds. The van der Waals surface area contributed by atoms with Crippen LogP contribution in [-0.4, -0.2) is 4.98 Å². The molecule has 1 rings (SSSR count). The predicted molar refractivity (Wildman–Crippen MR) is 31.5 cm³/mol. The number of thiazole rings is 1. The largest absolute Gasteiger partial charge is 0.437 e. The van der Waals surface area contributed by atoms with Crippen molar-refractivity contribution in [2.24, 2.45) is 0 Å². The van der Waals surface area contributed by atoms with E-state index >= 15 is 0 Å². The van der Waals surface area contributed by atoms with Gasteiger partial charge >= 0.3 is 6.18 Å². The third kappa shape index (κ3) is 1.59. The van der Waals surface area contributed by atoms with Gasteiger partial charge in [-0.1, -0.05) is 11.3 Å². The Bertz CT molecular complexity index is 266. The van der Waals surface area contributed by atoms with Crippen LogP contribution in [-0.2, 0) is 6.18 Å². The van der Waals surface area contributed by atoms with E-state index in [1.165, 1.54) is 0 Å². The maximum Gasteiger partial charge on any atom is 0.437 e.